The van der Waals surface area contributed by atoms with Crippen molar-refractivity contribution >= 4 is 11.6 Å². The molecule has 0 atom stereocenters. The summed E-state index contributed by atoms with van der Waals surface area (Å²) in [6.07, 6.45) is 0. The number of aromatic nitrogens is 1. The molecule has 3 aromatic rings. The van der Waals surface area contributed by atoms with Gasteiger partial charge in [-0.1, -0.05) is 30.3 Å². The van der Waals surface area contributed by atoms with Gasteiger partial charge < -0.3 is 15.2 Å². The number of benzene rings is 2. The van der Waals surface area contributed by atoms with E-state index in [4.69, 9.17) is 15.2 Å². The maximum absolute atomic E-state index is 12.7. The number of nitrogens with zero attached hydrogens (tertiary/aromatic N) is 1. The van der Waals surface area contributed by atoms with Gasteiger partial charge in [-0.15, -0.1) is 0 Å². The van der Waals surface area contributed by atoms with Crippen LogP contribution in [0.2, 0.25) is 0 Å². The molecule has 2 aromatic carbocycles. The van der Waals surface area contributed by atoms with E-state index in [0.717, 1.165) is 0 Å². The number of nitrogens with two attached hydrogens (primary N) is 1. The van der Waals surface area contributed by atoms with Crippen molar-refractivity contribution < 1.29 is 14.3 Å². The Balaban J connectivity index is 2.15. The predicted octanol–water partition coefficient (Wildman–Crippen LogP) is 2.67. The van der Waals surface area contributed by atoms with Crippen LogP contribution in [0.1, 0.15) is 15.9 Å². The number of carbonyl (C=O) groups excluding carboxylic acids is 1. The first-order valence-corrected chi connectivity index (χ1v) is 7.90. The molecule has 6 nitrogen and oxygen atoms in total. The van der Waals surface area contributed by atoms with Crippen LogP contribution in [0.15, 0.2) is 65.5 Å². The van der Waals surface area contributed by atoms with Crippen molar-refractivity contribution in [1.82, 2.24) is 4.57 Å². The lowest BCUT2D eigenvalue weighted by molar-refractivity contribution is 0.103. The van der Waals surface area contributed by atoms with Crippen LogP contribution in [0.3, 0.4) is 0 Å². The van der Waals surface area contributed by atoms with E-state index in [1.54, 1.807) is 42.5 Å². The van der Waals surface area contributed by atoms with Gasteiger partial charge in [0.25, 0.3) is 5.56 Å². The summed E-state index contributed by atoms with van der Waals surface area (Å²) in [5, 5.41) is 0. The molecule has 0 spiro atoms. The number of pyridine rings is 1. The van der Waals surface area contributed by atoms with Crippen LogP contribution in [0.25, 0.3) is 5.69 Å². The molecule has 6 heteroatoms. The number of methoxy groups -OCH3 is 2. The lowest BCUT2D eigenvalue weighted by atomic mass is 10.0. The Bertz CT molecular complexity index is 1010. The van der Waals surface area contributed by atoms with Crippen molar-refractivity contribution in [3.8, 4) is 17.2 Å². The summed E-state index contributed by atoms with van der Waals surface area (Å²) in [5.41, 5.74) is 7.07. The van der Waals surface area contributed by atoms with Crippen LogP contribution in [-0.2, 0) is 0 Å². The van der Waals surface area contributed by atoms with Gasteiger partial charge in [0.1, 0.15) is 5.82 Å². The van der Waals surface area contributed by atoms with Crippen LogP contribution < -0.4 is 20.8 Å². The molecule has 0 aliphatic heterocycles. The number of ketones is 1. The fraction of sp³-hybridized carbons (Fsp3) is 0.100. The van der Waals surface area contributed by atoms with Gasteiger partial charge in [0.15, 0.2) is 17.3 Å². The van der Waals surface area contributed by atoms with Crippen molar-refractivity contribution in [3.63, 3.8) is 0 Å². The predicted molar refractivity (Wildman–Crippen MR) is 99.4 cm³/mol. The molecule has 0 saturated heterocycles. The second-order valence-electron chi connectivity index (χ2n) is 5.54. The highest BCUT2D eigenvalue weighted by molar-refractivity contribution is 6.11. The first-order valence-electron chi connectivity index (χ1n) is 7.90. The van der Waals surface area contributed by atoms with Gasteiger partial charge in [0.2, 0.25) is 0 Å². The molecule has 0 bridgehead atoms. The molecule has 0 radical (unpaired) electrons. The highest BCUT2D eigenvalue weighted by Crippen LogP contribution is 2.30. The van der Waals surface area contributed by atoms with Crippen LogP contribution in [0.4, 0.5) is 5.82 Å². The van der Waals surface area contributed by atoms with Crippen LogP contribution in [-0.4, -0.2) is 24.6 Å². The van der Waals surface area contributed by atoms with E-state index in [1.807, 2.05) is 6.07 Å². The molecule has 26 heavy (non-hydrogen) atoms. The SMILES string of the molecule is COc1ccc(-n2c(N)c(C(=O)c3ccccc3)ccc2=O)cc1OC. The molecule has 0 unspecified atom stereocenters. The van der Waals surface area contributed by atoms with Crippen molar-refractivity contribution in [3.05, 3.63) is 82.1 Å². The van der Waals surface area contributed by atoms with E-state index < -0.39 is 0 Å². The standard InChI is InChI=1S/C20H18N2O4/c1-25-16-10-8-14(12-17(16)26-2)22-18(23)11-9-15(20(22)21)19(24)13-6-4-3-5-7-13/h3-12H,21H2,1-2H3. The van der Waals surface area contributed by atoms with E-state index in [1.165, 1.54) is 30.9 Å². The molecular weight excluding hydrogens is 332 g/mol. The fourth-order valence-electron chi connectivity index (χ4n) is 2.72. The van der Waals surface area contributed by atoms with Crippen LogP contribution in [0.5, 0.6) is 11.5 Å². The zero-order valence-corrected chi connectivity index (χ0v) is 14.4. The number of ether oxygens (including phenoxy) is 2. The van der Waals surface area contributed by atoms with Gasteiger partial charge in [-0.25, -0.2) is 0 Å². The number of hydrogen-bond donors (Lipinski definition) is 1. The Morgan fingerprint density at radius 2 is 1.62 bits per heavy atom. The molecule has 1 aromatic heterocycles. The average molecular weight is 350 g/mol. The minimum Gasteiger partial charge on any atom is -0.493 e. The van der Waals surface area contributed by atoms with E-state index in [2.05, 4.69) is 0 Å². The maximum Gasteiger partial charge on any atom is 0.256 e. The summed E-state index contributed by atoms with van der Waals surface area (Å²) in [6.45, 7) is 0. The lowest BCUT2D eigenvalue weighted by Gasteiger charge is -2.15. The van der Waals surface area contributed by atoms with E-state index in [0.29, 0.717) is 22.7 Å². The van der Waals surface area contributed by atoms with Crippen molar-refractivity contribution in [2.24, 2.45) is 0 Å². The third-order valence-corrected chi connectivity index (χ3v) is 4.04. The highest BCUT2D eigenvalue weighted by atomic mass is 16.5. The maximum atomic E-state index is 12.7. The molecule has 0 aliphatic rings. The number of rotatable bonds is 5. The first kappa shape index (κ1) is 17.3. The number of hydrogen-bond acceptors (Lipinski definition) is 5. The molecule has 0 saturated carbocycles. The molecule has 3 rings (SSSR count). The topological polar surface area (TPSA) is 83.5 Å². The Morgan fingerprint density at radius 3 is 2.27 bits per heavy atom. The molecule has 132 valence electrons. The summed E-state index contributed by atoms with van der Waals surface area (Å²) in [5.74, 6) is 0.798. The van der Waals surface area contributed by atoms with E-state index >= 15 is 0 Å². The quantitative estimate of drug-likeness (QED) is 0.715. The Labute approximate surface area is 150 Å². The second kappa shape index (κ2) is 7.14. The van der Waals surface area contributed by atoms with Crippen LogP contribution in [0, 0.1) is 0 Å². The lowest BCUT2D eigenvalue weighted by Crippen LogP contribution is -2.23. The van der Waals surface area contributed by atoms with Crippen molar-refractivity contribution in [1.29, 1.82) is 0 Å². The van der Waals surface area contributed by atoms with E-state index in [9.17, 15) is 9.59 Å². The number of carbonyl (C=O) groups is 1. The largest absolute Gasteiger partial charge is 0.493 e. The van der Waals surface area contributed by atoms with Gasteiger partial charge in [-0.05, 0) is 18.2 Å². The van der Waals surface area contributed by atoms with Gasteiger partial charge in [-0.2, -0.15) is 0 Å². The molecule has 0 aliphatic carbocycles. The Hall–Kier alpha value is -3.54. The zero-order valence-electron chi connectivity index (χ0n) is 14.4. The monoisotopic (exact) mass is 350 g/mol. The second-order valence-corrected chi connectivity index (χ2v) is 5.54. The molecular formula is C20H18N2O4. The third-order valence-electron chi connectivity index (χ3n) is 4.04. The third kappa shape index (κ3) is 3.04. The summed E-state index contributed by atoms with van der Waals surface area (Å²) >= 11 is 0. The summed E-state index contributed by atoms with van der Waals surface area (Å²) < 4.78 is 11.8. The van der Waals surface area contributed by atoms with Gasteiger partial charge in [0, 0.05) is 17.7 Å². The average Bonchev–Trinajstić information content (AvgIpc) is 2.68. The smallest absolute Gasteiger partial charge is 0.256 e. The molecule has 1 heterocycles. The number of anilines is 1. The fourth-order valence-corrected chi connectivity index (χ4v) is 2.72. The minimum atomic E-state index is -0.348. The van der Waals surface area contributed by atoms with E-state index in [-0.39, 0.29) is 22.7 Å². The normalized spacial score (nSPS) is 10.4. The molecule has 0 amide bonds. The van der Waals surface area contributed by atoms with Crippen molar-refractivity contribution in [2.45, 2.75) is 0 Å². The highest BCUT2D eigenvalue weighted by Gasteiger charge is 2.17. The minimum absolute atomic E-state index is 0.0681. The summed E-state index contributed by atoms with van der Waals surface area (Å²) in [7, 11) is 3.03. The Morgan fingerprint density at radius 1 is 0.923 bits per heavy atom. The van der Waals surface area contributed by atoms with Gasteiger partial charge in [0.05, 0.1) is 25.5 Å². The van der Waals surface area contributed by atoms with Gasteiger partial charge in [-0.3, -0.25) is 14.2 Å². The van der Waals surface area contributed by atoms with Crippen LogP contribution >= 0.6 is 0 Å². The molecule has 2 N–H and O–H groups in total. The zero-order chi connectivity index (χ0) is 18.7. The molecule has 0 fully saturated rings. The Kier molecular flexibility index (Phi) is 4.75. The summed E-state index contributed by atoms with van der Waals surface area (Å²) in [4.78, 5) is 25.2. The van der Waals surface area contributed by atoms with Crippen molar-refractivity contribution in [2.75, 3.05) is 20.0 Å². The summed E-state index contributed by atoms with van der Waals surface area (Å²) in [6, 6.07) is 16.5. The number of nitrogen functional groups attached to an aromatic ring is 1. The first-order chi connectivity index (χ1) is 12.6. The van der Waals surface area contributed by atoms with Gasteiger partial charge >= 0.3 is 0 Å².